The van der Waals surface area contributed by atoms with Gasteiger partial charge >= 0.3 is 5.97 Å². The summed E-state index contributed by atoms with van der Waals surface area (Å²) in [6, 6.07) is -0.610. The van der Waals surface area contributed by atoms with Crippen LogP contribution in [0.4, 0.5) is 0 Å². The Labute approximate surface area is 56.8 Å². The number of rotatable bonds is 2. The number of aliphatic carboxylic acids is 1. The maximum atomic E-state index is 10.1. The minimum atomic E-state index is -0.918. The molecule has 0 aromatic heterocycles. The number of carboxylic acids is 1. The molecule has 1 rings (SSSR count). The Balaban J connectivity index is 2.31. The minimum absolute atomic E-state index is 0.197. The van der Waals surface area contributed by atoms with Crippen LogP contribution in [0.3, 0.4) is 0 Å². The molecule has 0 spiro atoms. The largest absolute Gasteiger partial charge is 0.481 e. The van der Waals surface area contributed by atoms with Crippen molar-refractivity contribution in [3.05, 3.63) is 10.1 Å². The first-order valence-corrected chi connectivity index (χ1v) is 2.97. The van der Waals surface area contributed by atoms with E-state index in [0.717, 1.165) is 0 Å². The molecule has 1 N–H and O–H groups in total. The summed E-state index contributed by atoms with van der Waals surface area (Å²) in [6.07, 6.45) is 0.394. The highest BCUT2D eigenvalue weighted by atomic mass is 16.6. The molecule has 1 aliphatic rings. The van der Waals surface area contributed by atoms with E-state index in [0.29, 0.717) is 0 Å². The Morgan fingerprint density at radius 1 is 1.60 bits per heavy atom. The van der Waals surface area contributed by atoms with Crippen molar-refractivity contribution < 1.29 is 14.8 Å². The number of nitro groups is 1. The van der Waals surface area contributed by atoms with E-state index in [2.05, 4.69) is 0 Å². The molecule has 1 aliphatic carbocycles. The maximum absolute atomic E-state index is 10.1. The number of nitrogens with zero attached hydrogens (tertiary/aromatic N) is 1. The van der Waals surface area contributed by atoms with Crippen LogP contribution in [0.2, 0.25) is 0 Å². The fourth-order valence-corrected chi connectivity index (χ4v) is 0.962. The highest BCUT2D eigenvalue weighted by molar-refractivity contribution is 5.71. The van der Waals surface area contributed by atoms with Gasteiger partial charge in [0.25, 0.3) is 0 Å². The standard InChI is InChI=1S/C5H7NO4/c7-5(8)3-1-4(2-3)6(9)10/h3-4H,1-2H2,(H,7,8). The zero-order chi connectivity index (χ0) is 7.72. The van der Waals surface area contributed by atoms with Gasteiger partial charge in [0.05, 0.1) is 5.92 Å². The van der Waals surface area contributed by atoms with Crippen LogP contribution in [0.25, 0.3) is 0 Å². The normalized spacial score (nSPS) is 30.8. The van der Waals surface area contributed by atoms with Crippen molar-refractivity contribution in [3.8, 4) is 0 Å². The molecule has 0 aromatic carbocycles. The monoisotopic (exact) mass is 145 g/mol. The lowest BCUT2D eigenvalue weighted by Gasteiger charge is -2.24. The van der Waals surface area contributed by atoms with Crippen LogP contribution >= 0.6 is 0 Å². The van der Waals surface area contributed by atoms with Crippen LogP contribution < -0.4 is 0 Å². The zero-order valence-electron chi connectivity index (χ0n) is 5.19. The van der Waals surface area contributed by atoms with Crippen molar-refractivity contribution in [2.75, 3.05) is 0 Å². The molecule has 0 amide bonds. The van der Waals surface area contributed by atoms with E-state index in [-0.39, 0.29) is 12.8 Å². The molecule has 0 aromatic rings. The first kappa shape index (κ1) is 6.98. The molecule has 5 heteroatoms. The van der Waals surface area contributed by atoms with Gasteiger partial charge in [-0.2, -0.15) is 0 Å². The fourth-order valence-electron chi connectivity index (χ4n) is 0.962. The summed E-state index contributed by atoms with van der Waals surface area (Å²) in [7, 11) is 0. The average Bonchev–Trinajstić information content (AvgIpc) is 1.56. The maximum Gasteiger partial charge on any atom is 0.307 e. The Morgan fingerprint density at radius 3 is 2.40 bits per heavy atom. The van der Waals surface area contributed by atoms with Crippen molar-refractivity contribution in [1.29, 1.82) is 0 Å². The Hall–Kier alpha value is -1.13. The third-order valence-electron chi connectivity index (χ3n) is 1.76. The Bertz CT molecular complexity index is 154. The van der Waals surface area contributed by atoms with Gasteiger partial charge in [-0.15, -0.1) is 0 Å². The quantitative estimate of drug-likeness (QED) is 0.442. The van der Waals surface area contributed by atoms with Gasteiger partial charge in [0.1, 0.15) is 0 Å². The van der Waals surface area contributed by atoms with E-state index in [9.17, 15) is 14.9 Å². The Kier molecular flexibility index (Phi) is 1.57. The molecule has 10 heavy (non-hydrogen) atoms. The van der Waals surface area contributed by atoms with Crippen LogP contribution in [-0.2, 0) is 4.79 Å². The van der Waals surface area contributed by atoms with E-state index in [1.165, 1.54) is 0 Å². The van der Waals surface area contributed by atoms with Crippen LogP contribution in [0.5, 0.6) is 0 Å². The van der Waals surface area contributed by atoms with Gasteiger partial charge < -0.3 is 5.11 Å². The molecule has 0 bridgehead atoms. The molecule has 1 saturated carbocycles. The molecule has 56 valence electrons. The van der Waals surface area contributed by atoms with E-state index < -0.39 is 22.9 Å². The second kappa shape index (κ2) is 2.24. The van der Waals surface area contributed by atoms with E-state index in [1.54, 1.807) is 0 Å². The van der Waals surface area contributed by atoms with Gasteiger partial charge in [-0.05, 0) is 0 Å². The van der Waals surface area contributed by atoms with E-state index in [1.807, 2.05) is 0 Å². The first-order valence-electron chi connectivity index (χ1n) is 2.97. The summed E-state index contributed by atoms with van der Waals surface area (Å²) in [5, 5.41) is 18.3. The van der Waals surface area contributed by atoms with Crippen LogP contribution in [0.15, 0.2) is 0 Å². The van der Waals surface area contributed by atoms with Crippen LogP contribution in [-0.4, -0.2) is 22.0 Å². The third-order valence-corrected chi connectivity index (χ3v) is 1.76. The summed E-state index contributed by atoms with van der Waals surface area (Å²) >= 11 is 0. The molecule has 5 nitrogen and oxygen atoms in total. The van der Waals surface area contributed by atoms with Crippen molar-refractivity contribution in [2.45, 2.75) is 18.9 Å². The smallest absolute Gasteiger partial charge is 0.307 e. The van der Waals surface area contributed by atoms with Crippen LogP contribution in [0, 0.1) is 16.0 Å². The first-order chi connectivity index (χ1) is 4.61. The van der Waals surface area contributed by atoms with Gasteiger partial charge in [-0.1, -0.05) is 0 Å². The predicted octanol–water partition coefficient (Wildman–Crippen LogP) is 0.126. The van der Waals surface area contributed by atoms with E-state index in [4.69, 9.17) is 5.11 Å². The summed E-state index contributed by atoms with van der Waals surface area (Å²) in [6.45, 7) is 0. The lowest BCUT2D eigenvalue weighted by molar-refractivity contribution is -0.539. The molecule has 0 radical (unpaired) electrons. The molecule has 0 unspecified atom stereocenters. The summed E-state index contributed by atoms with van der Waals surface area (Å²) in [4.78, 5) is 19.7. The second-order valence-electron chi connectivity index (χ2n) is 2.45. The highest BCUT2D eigenvalue weighted by Gasteiger charge is 2.42. The van der Waals surface area contributed by atoms with Crippen molar-refractivity contribution >= 4 is 5.97 Å². The van der Waals surface area contributed by atoms with Gasteiger partial charge in [0.15, 0.2) is 0 Å². The lowest BCUT2D eigenvalue weighted by Crippen LogP contribution is -2.39. The molecule has 1 fully saturated rings. The number of carboxylic acid groups (broad SMARTS) is 1. The van der Waals surface area contributed by atoms with Crippen molar-refractivity contribution in [2.24, 2.45) is 5.92 Å². The highest BCUT2D eigenvalue weighted by Crippen LogP contribution is 2.29. The van der Waals surface area contributed by atoms with Gasteiger partial charge in [-0.25, -0.2) is 0 Å². The van der Waals surface area contributed by atoms with Crippen molar-refractivity contribution in [1.82, 2.24) is 0 Å². The zero-order valence-corrected chi connectivity index (χ0v) is 5.19. The fraction of sp³-hybridized carbons (Fsp3) is 0.800. The molecule has 0 heterocycles. The molecular weight excluding hydrogens is 138 g/mol. The van der Waals surface area contributed by atoms with E-state index >= 15 is 0 Å². The molecular formula is C5H7NO4. The molecule has 0 aliphatic heterocycles. The predicted molar refractivity (Wildman–Crippen MR) is 31.1 cm³/mol. The minimum Gasteiger partial charge on any atom is -0.481 e. The SMILES string of the molecule is O=C(O)C1CC([N+](=O)[O-])C1. The summed E-state index contributed by atoms with van der Waals surface area (Å²) < 4.78 is 0. The number of carbonyl (C=O) groups is 1. The van der Waals surface area contributed by atoms with Gasteiger partial charge in [0, 0.05) is 17.8 Å². The molecule has 0 saturated heterocycles. The Morgan fingerprint density at radius 2 is 2.10 bits per heavy atom. The summed E-state index contributed by atoms with van der Waals surface area (Å²) in [5.74, 6) is -1.39. The lowest BCUT2D eigenvalue weighted by atomic mass is 9.81. The van der Waals surface area contributed by atoms with Gasteiger partial charge in [-0.3, -0.25) is 14.9 Å². The second-order valence-corrected chi connectivity index (χ2v) is 2.45. The molecule has 0 atom stereocenters. The average molecular weight is 145 g/mol. The third kappa shape index (κ3) is 1.07. The number of hydrogen-bond donors (Lipinski definition) is 1. The van der Waals surface area contributed by atoms with Crippen molar-refractivity contribution in [3.63, 3.8) is 0 Å². The van der Waals surface area contributed by atoms with Crippen LogP contribution in [0.1, 0.15) is 12.8 Å². The van der Waals surface area contributed by atoms with Gasteiger partial charge in [0.2, 0.25) is 6.04 Å². The topological polar surface area (TPSA) is 80.4 Å². The number of hydrogen-bond acceptors (Lipinski definition) is 3. The summed E-state index contributed by atoms with van der Waals surface area (Å²) in [5.41, 5.74) is 0.